The predicted octanol–water partition coefficient (Wildman–Crippen LogP) is 3.53. The number of benzene rings is 2. The van der Waals surface area contributed by atoms with Crippen LogP contribution in [0.1, 0.15) is 12.6 Å². The highest BCUT2D eigenvalue weighted by molar-refractivity contribution is 5.99. The number of aromatic nitrogens is 3. The first-order valence-corrected chi connectivity index (χ1v) is 9.20. The zero-order chi connectivity index (χ0) is 20.8. The van der Waals surface area contributed by atoms with Crippen LogP contribution in [0.25, 0.3) is 22.0 Å². The summed E-state index contributed by atoms with van der Waals surface area (Å²) in [5.41, 5.74) is 2.23. The monoisotopic (exact) mass is 406 g/mol. The molecule has 1 N–H and O–H groups in total. The van der Waals surface area contributed by atoms with Crippen LogP contribution < -0.4 is 10.9 Å². The lowest BCUT2D eigenvalue weighted by Crippen LogP contribution is -2.22. The van der Waals surface area contributed by atoms with Gasteiger partial charge in [-0.1, -0.05) is 6.07 Å². The average molecular weight is 406 g/mol. The fraction of sp³-hybridized carbons (Fsp3) is 0.0909. The van der Waals surface area contributed by atoms with Gasteiger partial charge in [0.15, 0.2) is 0 Å². The van der Waals surface area contributed by atoms with Crippen molar-refractivity contribution in [2.24, 2.45) is 0 Å². The molecule has 0 saturated heterocycles. The summed E-state index contributed by atoms with van der Waals surface area (Å²) in [6.07, 6.45) is 4.41. The lowest BCUT2D eigenvalue weighted by atomic mass is 9.99. The van der Waals surface area contributed by atoms with E-state index in [1.165, 1.54) is 36.9 Å². The van der Waals surface area contributed by atoms with E-state index in [-0.39, 0.29) is 25.9 Å². The van der Waals surface area contributed by atoms with Crippen molar-refractivity contribution in [1.29, 1.82) is 0 Å². The summed E-state index contributed by atoms with van der Waals surface area (Å²) in [6.45, 7) is -0.287. The zero-order valence-electron chi connectivity index (χ0n) is 15.5. The molecule has 1 aliphatic heterocycles. The van der Waals surface area contributed by atoms with Crippen LogP contribution in [-0.4, -0.2) is 20.4 Å². The Labute approximate surface area is 170 Å². The van der Waals surface area contributed by atoms with Crippen molar-refractivity contribution in [3.05, 3.63) is 88.2 Å². The number of amides is 1. The number of nitrogens with one attached hydrogen (secondary N) is 1. The van der Waals surface area contributed by atoms with Crippen molar-refractivity contribution in [2.75, 3.05) is 5.32 Å². The SMILES string of the molecule is O=C1Cc2cc(-c3cc(F)c(Cn4cnc5cnccc5c4=O)c(F)c3)ccc2N1.[HH]. The largest absolute Gasteiger partial charge is 0.326 e. The number of anilines is 1. The Hall–Kier alpha value is -3.94. The zero-order valence-corrected chi connectivity index (χ0v) is 15.5. The minimum Gasteiger partial charge on any atom is -0.326 e. The molecule has 6 nitrogen and oxygen atoms in total. The van der Waals surface area contributed by atoms with E-state index in [0.29, 0.717) is 27.7 Å². The number of pyridine rings is 1. The summed E-state index contributed by atoms with van der Waals surface area (Å²) in [6, 6.07) is 9.14. The van der Waals surface area contributed by atoms with Gasteiger partial charge in [0, 0.05) is 18.9 Å². The molecule has 0 fully saturated rings. The number of carbonyl (C=O) groups is 1. The third kappa shape index (κ3) is 3.02. The molecular formula is C22H16F2N4O2. The molecule has 0 atom stereocenters. The summed E-state index contributed by atoms with van der Waals surface area (Å²) in [5.74, 6) is -1.64. The molecule has 0 saturated carbocycles. The van der Waals surface area contributed by atoms with Crippen LogP contribution in [0.15, 0.2) is 59.9 Å². The highest BCUT2D eigenvalue weighted by Crippen LogP contribution is 2.31. The molecule has 5 rings (SSSR count). The van der Waals surface area contributed by atoms with Crippen molar-refractivity contribution < 1.29 is 15.0 Å². The molecule has 0 spiro atoms. The summed E-state index contributed by atoms with van der Waals surface area (Å²) in [5, 5.41) is 3.05. The van der Waals surface area contributed by atoms with Gasteiger partial charge in [0.05, 0.1) is 36.4 Å². The fourth-order valence-corrected chi connectivity index (χ4v) is 3.62. The Kier molecular flexibility index (Phi) is 4.13. The van der Waals surface area contributed by atoms with E-state index in [0.717, 1.165) is 10.1 Å². The third-order valence-corrected chi connectivity index (χ3v) is 5.16. The van der Waals surface area contributed by atoms with Gasteiger partial charge in [0.2, 0.25) is 5.91 Å². The van der Waals surface area contributed by atoms with Gasteiger partial charge in [-0.05, 0) is 47.0 Å². The van der Waals surface area contributed by atoms with Crippen LogP contribution in [0.3, 0.4) is 0 Å². The molecule has 0 aliphatic carbocycles. The summed E-state index contributed by atoms with van der Waals surface area (Å²) < 4.78 is 30.8. The van der Waals surface area contributed by atoms with E-state index < -0.39 is 17.2 Å². The maximum Gasteiger partial charge on any atom is 0.261 e. The minimum absolute atomic E-state index is 0. The molecule has 3 heterocycles. The first-order valence-electron chi connectivity index (χ1n) is 9.20. The van der Waals surface area contributed by atoms with E-state index in [9.17, 15) is 18.4 Å². The summed E-state index contributed by atoms with van der Waals surface area (Å²) >= 11 is 0. The van der Waals surface area contributed by atoms with Gasteiger partial charge in [-0.15, -0.1) is 0 Å². The molecule has 1 aliphatic rings. The molecule has 150 valence electrons. The second-order valence-corrected chi connectivity index (χ2v) is 7.09. The van der Waals surface area contributed by atoms with Gasteiger partial charge in [0.25, 0.3) is 5.56 Å². The lowest BCUT2D eigenvalue weighted by molar-refractivity contribution is -0.115. The maximum atomic E-state index is 14.8. The number of nitrogens with zero attached hydrogens (tertiary/aromatic N) is 3. The Morgan fingerprint density at radius 3 is 2.67 bits per heavy atom. The molecule has 0 unspecified atom stereocenters. The molecule has 4 aromatic rings. The van der Waals surface area contributed by atoms with Gasteiger partial charge in [0.1, 0.15) is 11.6 Å². The van der Waals surface area contributed by atoms with Crippen LogP contribution in [0, 0.1) is 11.6 Å². The fourth-order valence-electron chi connectivity index (χ4n) is 3.62. The molecule has 30 heavy (non-hydrogen) atoms. The molecule has 2 aromatic heterocycles. The van der Waals surface area contributed by atoms with Crippen LogP contribution in [0.4, 0.5) is 14.5 Å². The van der Waals surface area contributed by atoms with Crippen LogP contribution in [0.5, 0.6) is 0 Å². The maximum absolute atomic E-state index is 14.8. The number of fused-ring (bicyclic) bond motifs is 2. The van der Waals surface area contributed by atoms with Crippen molar-refractivity contribution in [3.8, 4) is 11.1 Å². The van der Waals surface area contributed by atoms with Crippen molar-refractivity contribution in [1.82, 2.24) is 14.5 Å². The van der Waals surface area contributed by atoms with Crippen molar-refractivity contribution >= 4 is 22.5 Å². The molecule has 1 amide bonds. The summed E-state index contributed by atoms with van der Waals surface area (Å²) in [7, 11) is 0. The van der Waals surface area contributed by atoms with Gasteiger partial charge in [-0.3, -0.25) is 19.1 Å². The van der Waals surface area contributed by atoms with Crippen molar-refractivity contribution in [2.45, 2.75) is 13.0 Å². The first kappa shape index (κ1) is 18.1. The van der Waals surface area contributed by atoms with Crippen LogP contribution in [0.2, 0.25) is 0 Å². The molecular weight excluding hydrogens is 390 g/mol. The molecule has 0 bridgehead atoms. The number of halogens is 2. The van der Waals surface area contributed by atoms with Crippen LogP contribution in [-0.2, 0) is 17.8 Å². The minimum atomic E-state index is -0.763. The normalized spacial score (nSPS) is 12.8. The number of hydrogen-bond donors (Lipinski definition) is 1. The van der Waals surface area contributed by atoms with E-state index in [4.69, 9.17) is 0 Å². The number of rotatable bonds is 3. The predicted molar refractivity (Wildman–Crippen MR) is 109 cm³/mol. The van der Waals surface area contributed by atoms with Gasteiger partial charge < -0.3 is 5.32 Å². The Bertz CT molecular complexity index is 1380. The molecule has 0 radical (unpaired) electrons. The number of hydrogen-bond acceptors (Lipinski definition) is 4. The lowest BCUT2D eigenvalue weighted by Gasteiger charge is -2.11. The number of carbonyl (C=O) groups excluding carboxylic acids is 1. The quantitative estimate of drug-likeness (QED) is 0.565. The van der Waals surface area contributed by atoms with Crippen molar-refractivity contribution in [3.63, 3.8) is 0 Å². The summed E-state index contributed by atoms with van der Waals surface area (Å²) in [4.78, 5) is 32.1. The molecule has 8 heteroatoms. The third-order valence-electron chi connectivity index (χ3n) is 5.16. The highest BCUT2D eigenvalue weighted by Gasteiger charge is 2.19. The van der Waals surface area contributed by atoms with E-state index in [1.54, 1.807) is 18.2 Å². The molecule has 2 aromatic carbocycles. The topological polar surface area (TPSA) is 76.9 Å². The van der Waals surface area contributed by atoms with Crippen LogP contribution >= 0.6 is 0 Å². The smallest absolute Gasteiger partial charge is 0.261 e. The second kappa shape index (κ2) is 6.84. The van der Waals surface area contributed by atoms with Gasteiger partial charge in [-0.25, -0.2) is 13.8 Å². The Morgan fingerprint density at radius 2 is 1.87 bits per heavy atom. The average Bonchev–Trinajstić information content (AvgIpc) is 3.11. The standard InChI is InChI=1S/C22H14F2N4O2.H2/c23-17-6-13(12-1-2-19-14(5-12)8-21(29)27-19)7-18(24)16(17)10-28-11-26-20-9-25-4-3-15(20)22(28)30;/h1-7,9,11H,8,10H2,(H,27,29);1H. The van der Waals surface area contributed by atoms with E-state index in [1.807, 2.05) is 0 Å². The Morgan fingerprint density at radius 1 is 1.07 bits per heavy atom. The van der Waals surface area contributed by atoms with E-state index >= 15 is 0 Å². The Balaban J connectivity index is 0.00000231. The first-order chi connectivity index (χ1) is 14.5. The highest BCUT2D eigenvalue weighted by atomic mass is 19.1. The van der Waals surface area contributed by atoms with Gasteiger partial charge in [-0.2, -0.15) is 0 Å². The second-order valence-electron chi connectivity index (χ2n) is 7.09. The van der Waals surface area contributed by atoms with Gasteiger partial charge >= 0.3 is 0 Å². The van der Waals surface area contributed by atoms with E-state index in [2.05, 4.69) is 15.3 Å².